The second kappa shape index (κ2) is 6.24. The van der Waals surface area contributed by atoms with Crippen LogP contribution in [0.5, 0.6) is 0 Å². The van der Waals surface area contributed by atoms with Gasteiger partial charge in [-0.3, -0.25) is 4.72 Å². The minimum absolute atomic E-state index is 0.00696. The lowest BCUT2D eigenvalue weighted by molar-refractivity contribution is 0.597. The molecule has 2 rings (SSSR count). The Morgan fingerprint density at radius 2 is 1.81 bits per heavy atom. The fourth-order valence-corrected chi connectivity index (χ4v) is 3.28. The van der Waals surface area contributed by atoms with Crippen LogP contribution in [-0.4, -0.2) is 8.42 Å². The van der Waals surface area contributed by atoms with Crippen molar-refractivity contribution in [3.05, 3.63) is 65.0 Å². The van der Waals surface area contributed by atoms with Gasteiger partial charge in [-0.25, -0.2) is 12.8 Å². The number of hydrogen-bond donors (Lipinski definition) is 2. The van der Waals surface area contributed by atoms with Crippen LogP contribution in [0.2, 0.25) is 0 Å². The lowest BCUT2D eigenvalue weighted by atomic mass is 10.1. The van der Waals surface area contributed by atoms with Crippen LogP contribution in [0.25, 0.3) is 0 Å². The van der Waals surface area contributed by atoms with Crippen molar-refractivity contribution in [1.82, 2.24) is 0 Å². The molecule has 0 saturated heterocycles. The van der Waals surface area contributed by atoms with E-state index in [2.05, 4.69) is 4.72 Å². The van der Waals surface area contributed by atoms with Gasteiger partial charge in [-0.15, -0.1) is 0 Å². The van der Waals surface area contributed by atoms with Gasteiger partial charge in [-0.05, 0) is 29.7 Å². The fourth-order valence-electron chi connectivity index (χ4n) is 2.02. The van der Waals surface area contributed by atoms with Crippen molar-refractivity contribution in [1.29, 1.82) is 0 Å². The lowest BCUT2D eigenvalue weighted by Gasteiger charge is -2.11. The lowest BCUT2D eigenvalue weighted by Crippen LogP contribution is -2.17. The quantitative estimate of drug-likeness (QED) is 0.891. The molecule has 0 radical (unpaired) electrons. The summed E-state index contributed by atoms with van der Waals surface area (Å²) < 4.78 is 40.3. The van der Waals surface area contributed by atoms with Crippen LogP contribution in [0.4, 0.5) is 10.1 Å². The molecule has 0 amide bonds. The minimum Gasteiger partial charge on any atom is -0.326 e. The van der Waals surface area contributed by atoms with Gasteiger partial charge in [0.2, 0.25) is 10.0 Å². The summed E-state index contributed by atoms with van der Waals surface area (Å²) in [5.41, 5.74) is 7.52. The van der Waals surface area contributed by atoms with Crippen LogP contribution in [-0.2, 0) is 22.3 Å². The van der Waals surface area contributed by atoms with E-state index < -0.39 is 15.8 Å². The molecule has 3 N–H and O–H groups in total. The second-order valence-corrected chi connectivity index (χ2v) is 6.54. The summed E-state index contributed by atoms with van der Waals surface area (Å²) in [6, 6.07) is 11.4. The number of benzene rings is 2. The maximum Gasteiger partial charge on any atom is 0.237 e. The van der Waals surface area contributed by atoms with Crippen LogP contribution >= 0.6 is 0 Å². The van der Waals surface area contributed by atoms with Gasteiger partial charge in [-0.1, -0.05) is 36.4 Å². The number of halogens is 1. The van der Waals surface area contributed by atoms with Crippen LogP contribution in [0.3, 0.4) is 0 Å². The van der Waals surface area contributed by atoms with E-state index in [9.17, 15) is 12.8 Å². The molecule has 0 aliphatic carbocycles. The third-order valence-electron chi connectivity index (χ3n) is 3.06. The zero-order valence-electron chi connectivity index (χ0n) is 11.6. The molecule has 0 unspecified atom stereocenters. The number of nitrogens with one attached hydrogen (secondary N) is 1. The zero-order valence-corrected chi connectivity index (χ0v) is 12.5. The van der Waals surface area contributed by atoms with Crippen molar-refractivity contribution >= 4 is 15.7 Å². The summed E-state index contributed by atoms with van der Waals surface area (Å²) in [4.78, 5) is 0. The molecule has 0 atom stereocenters. The summed E-state index contributed by atoms with van der Waals surface area (Å²) in [5.74, 6) is -0.816. The molecule has 0 aromatic heterocycles. The summed E-state index contributed by atoms with van der Waals surface area (Å²) in [6.45, 7) is 1.99. The molecule has 0 aliphatic heterocycles. The normalized spacial score (nSPS) is 11.4. The molecule has 0 bridgehead atoms. The average Bonchev–Trinajstić information content (AvgIpc) is 2.43. The van der Waals surface area contributed by atoms with Crippen LogP contribution < -0.4 is 10.5 Å². The SMILES string of the molecule is Cc1cccc(F)c1NS(=O)(=O)Cc1cccc(CN)c1. The summed E-state index contributed by atoms with van der Waals surface area (Å²) in [6.07, 6.45) is 0. The number of rotatable bonds is 5. The van der Waals surface area contributed by atoms with E-state index in [-0.39, 0.29) is 11.4 Å². The smallest absolute Gasteiger partial charge is 0.237 e. The monoisotopic (exact) mass is 308 g/mol. The van der Waals surface area contributed by atoms with Gasteiger partial charge in [0.25, 0.3) is 0 Å². The summed E-state index contributed by atoms with van der Waals surface area (Å²) in [5, 5.41) is 0. The number of sulfonamides is 1. The molecule has 112 valence electrons. The first kappa shape index (κ1) is 15.5. The zero-order chi connectivity index (χ0) is 15.5. The Labute approximate surface area is 123 Å². The highest BCUT2D eigenvalue weighted by Crippen LogP contribution is 2.21. The molecule has 21 heavy (non-hydrogen) atoms. The Morgan fingerprint density at radius 1 is 1.14 bits per heavy atom. The van der Waals surface area contributed by atoms with Gasteiger partial charge in [0.05, 0.1) is 11.4 Å². The Kier molecular flexibility index (Phi) is 4.59. The molecular formula is C15H17FN2O2S. The number of para-hydroxylation sites is 1. The highest BCUT2D eigenvalue weighted by Gasteiger charge is 2.16. The standard InChI is InChI=1S/C15H17FN2O2S/c1-11-4-2-7-14(16)15(11)18-21(19,20)10-13-6-3-5-12(8-13)9-17/h2-8,18H,9-10,17H2,1H3. The van der Waals surface area contributed by atoms with E-state index in [0.29, 0.717) is 17.7 Å². The topological polar surface area (TPSA) is 72.2 Å². The minimum atomic E-state index is -3.69. The van der Waals surface area contributed by atoms with Crippen molar-refractivity contribution in [2.75, 3.05) is 4.72 Å². The Bertz CT molecular complexity index is 725. The van der Waals surface area contributed by atoms with Crippen LogP contribution in [0.1, 0.15) is 16.7 Å². The van der Waals surface area contributed by atoms with Crippen LogP contribution in [0.15, 0.2) is 42.5 Å². The van der Waals surface area contributed by atoms with E-state index in [0.717, 1.165) is 5.56 Å². The van der Waals surface area contributed by atoms with E-state index >= 15 is 0 Å². The predicted molar refractivity (Wildman–Crippen MR) is 81.7 cm³/mol. The van der Waals surface area contributed by atoms with Gasteiger partial charge >= 0.3 is 0 Å². The van der Waals surface area contributed by atoms with Crippen molar-refractivity contribution in [2.24, 2.45) is 5.73 Å². The summed E-state index contributed by atoms with van der Waals surface area (Å²) >= 11 is 0. The molecule has 0 heterocycles. The van der Waals surface area contributed by atoms with E-state index in [1.54, 1.807) is 31.2 Å². The molecule has 0 spiro atoms. The van der Waals surface area contributed by atoms with Gasteiger partial charge in [-0.2, -0.15) is 0 Å². The van der Waals surface area contributed by atoms with Gasteiger partial charge < -0.3 is 5.73 Å². The molecule has 2 aromatic rings. The van der Waals surface area contributed by atoms with E-state index in [1.807, 2.05) is 6.07 Å². The number of nitrogens with two attached hydrogens (primary N) is 1. The first-order valence-electron chi connectivity index (χ1n) is 6.45. The highest BCUT2D eigenvalue weighted by atomic mass is 32.2. The molecule has 4 nitrogen and oxygen atoms in total. The molecular weight excluding hydrogens is 291 g/mol. The maximum atomic E-state index is 13.7. The van der Waals surface area contributed by atoms with Crippen molar-refractivity contribution in [3.63, 3.8) is 0 Å². The second-order valence-electron chi connectivity index (χ2n) is 4.82. The fraction of sp³-hybridized carbons (Fsp3) is 0.200. The molecule has 2 aromatic carbocycles. The van der Waals surface area contributed by atoms with E-state index in [1.165, 1.54) is 12.1 Å². The van der Waals surface area contributed by atoms with Crippen molar-refractivity contribution in [2.45, 2.75) is 19.2 Å². The average molecular weight is 308 g/mol. The first-order valence-corrected chi connectivity index (χ1v) is 8.10. The van der Waals surface area contributed by atoms with Crippen LogP contribution in [0, 0.1) is 12.7 Å². The molecule has 0 fully saturated rings. The van der Waals surface area contributed by atoms with Crippen molar-refractivity contribution < 1.29 is 12.8 Å². The number of aryl methyl sites for hydroxylation is 1. The Morgan fingerprint density at radius 3 is 2.48 bits per heavy atom. The Balaban J connectivity index is 2.23. The largest absolute Gasteiger partial charge is 0.326 e. The van der Waals surface area contributed by atoms with Gasteiger partial charge in [0.15, 0.2) is 0 Å². The highest BCUT2D eigenvalue weighted by molar-refractivity contribution is 7.91. The third-order valence-corrected chi connectivity index (χ3v) is 4.29. The molecule has 0 aliphatic rings. The predicted octanol–water partition coefficient (Wildman–Crippen LogP) is 2.53. The van der Waals surface area contributed by atoms with Gasteiger partial charge in [0.1, 0.15) is 5.82 Å². The maximum absolute atomic E-state index is 13.7. The first-order chi connectivity index (χ1) is 9.91. The summed E-state index contributed by atoms with van der Waals surface area (Å²) in [7, 11) is -3.69. The Hall–Kier alpha value is -1.92. The number of anilines is 1. The van der Waals surface area contributed by atoms with Gasteiger partial charge in [0, 0.05) is 6.54 Å². The third kappa shape index (κ3) is 4.03. The van der Waals surface area contributed by atoms with E-state index in [4.69, 9.17) is 5.73 Å². The molecule has 0 saturated carbocycles. The molecule has 6 heteroatoms. The number of hydrogen-bond acceptors (Lipinski definition) is 3. The van der Waals surface area contributed by atoms with Crippen molar-refractivity contribution in [3.8, 4) is 0 Å².